The Bertz CT molecular complexity index is 700. The molecule has 20 nitrogen and oxygen atoms in total. The zero-order valence-electron chi connectivity index (χ0n) is 20.6. The summed E-state index contributed by atoms with van der Waals surface area (Å²) in [5.74, 6) is 0. The van der Waals surface area contributed by atoms with E-state index in [0.717, 1.165) is 0 Å². The van der Waals surface area contributed by atoms with Crippen molar-refractivity contribution in [3.63, 3.8) is 0 Å². The molecule has 0 radical (unpaired) electrons. The van der Waals surface area contributed by atoms with Gasteiger partial charge in [-0.05, 0) is 27.7 Å². The van der Waals surface area contributed by atoms with Crippen LogP contribution in [-0.4, -0.2) is 78.3 Å². The van der Waals surface area contributed by atoms with Crippen molar-refractivity contribution in [2.75, 3.05) is 26.4 Å². The molecule has 0 aromatic heterocycles. The first-order valence-corrected chi connectivity index (χ1v) is 12.6. The molecule has 0 fully saturated rings. The third-order valence-corrected chi connectivity index (χ3v) is 2.05. The summed E-state index contributed by atoms with van der Waals surface area (Å²) in [6.45, 7) is 6.08. The fourth-order valence-corrected chi connectivity index (χ4v) is 1.28. The van der Waals surface area contributed by atoms with Gasteiger partial charge in [0, 0.05) is 0 Å². The SMILES string of the molecule is CCOOS(=O)(=O)[O-].CCOOS(=O)(=O)[O-].CCOOS(=O)(=O)[O-].CCOOS(=O)(=O)[O-].[K+].[K+].[K+].[K+]. The average Bonchev–Trinajstić information content (AvgIpc) is 2.60. The minimum absolute atomic E-state index is 0. The Kier molecular flexibility index (Phi) is 62.7. The number of rotatable bonds is 12. The maximum atomic E-state index is 9.49. The van der Waals surface area contributed by atoms with Crippen LogP contribution in [0.15, 0.2) is 0 Å². The summed E-state index contributed by atoms with van der Waals surface area (Å²) in [5, 5.41) is 0. The van der Waals surface area contributed by atoms with E-state index in [-0.39, 0.29) is 232 Å². The Balaban J connectivity index is -0.0000000467. The van der Waals surface area contributed by atoms with Crippen molar-refractivity contribution in [3.8, 4) is 0 Å². The second-order valence-electron chi connectivity index (χ2n) is 3.53. The van der Waals surface area contributed by atoms with Crippen molar-refractivity contribution in [1.82, 2.24) is 0 Å². The first-order chi connectivity index (χ1) is 14.2. The zero-order valence-corrected chi connectivity index (χ0v) is 36.4. The summed E-state index contributed by atoms with van der Waals surface area (Å²) in [5.41, 5.74) is 0. The Labute approximate surface area is 380 Å². The molecule has 36 heavy (non-hydrogen) atoms. The summed E-state index contributed by atoms with van der Waals surface area (Å²) in [6, 6.07) is 0. The molecule has 200 valence electrons. The second-order valence-corrected chi connectivity index (χ2v) is 7.34. The molecule has 0 aliphatic rings. The van der Waals surface area contributed by atoms with E-state index in [1.165, 1.54) is 27.7 Å². The normalized spacial score (nSPS) is 10.4. The van der Waals surface area contributed by atoms with Gasteiger partial charge in [-0.2, -0.15) is 0 Å². The summed E-state index contributed by atoms with van der Waals surface area (Å²) in [4.78, 5) is 15.2. The number of hydrogen-bond donors (Lipinski definition) is 0. The summed E-state index contributed by atoms with van der Waals surface area (Å²) in [7, 11) is -18.6. The van der Waals surface area contributed by atoms with Crippen LogP contribution in [0.2, 0.25) is 0 Å². The molecule has 0 amide bonds. The molecule has 0 aliphatic carbocycles. The standard InChI is InChI=1S/4C2H6O5S.4K/c4*1-2-6-7-8(3,4)5;;;;/h4*2H2,1H3,(H,3,4,5);;;;/q;;;;4*+1/p-4. The molecule has 0 bridgehead atoms. The Morgan fingerprint density at radius 2 is 0.500 bits per heavy atom. The van der Waals surface area contributed by atoms with Crippen LogP contribution in [0.4, 0.5) is 0 Å². The molecule has 0 rings (SSSR count). The Hall–Kier alpha value is 5.87. The number of hydrogen-bond acceptors (Lipinski definition) is 20. The van der Waals surface area contributed by atoms with Gasteiger partial charge in [0.2, 0.25) is 41.6 Å². The smallest absolute Gasteiger partial charge is 0.724 e. The third kappa shape index (κ3) is 90.0. The van der Waals surface area contributed by atoms with Gasteiger partial charge in [-0.1, -0.05) is 0 Å². The van der Waals surface area contributed by atoms with Crippen LogP contribution in [0.1, 0.15) is 27.7 Å². The predicted molar refractivity (Wildman–Crippen MR) is 89.6 cm³/mol. The van der Waals surface area contributed by atoms with E-state index in [1.54, 1.807) is 0 Å². The molecular weight excluding hydrogens is 701 g/mol. The average molecular weight is 721 g/mol. The monoisotopic (exact) mass is 720 g/mol. The molecule has 0 spiro atoms. The first-order valence-electron chi connectivity index (χ1n) is 7.32. The van der Waals surface area contributed by atoms with E-state index in [1.807, 2.05) is 0 Å². The van der Waals surface area contributed by atoms with E-state index >= 15 is 0 Å². The molecule has 0 unspecified atom stereocenters. The van der Waals surface area contributed by atoms with Gasteiger partial charge in [-0.15, -0.1) is 17.3 Å². The third-order valence-electron chi connectivity index (χ3n) is 0.997. The van der Waals surface area contributed by atoms with Crippen LogP contribution in [0.25, 0.3) is 0 Å². The van der Waals surface area contributed by atoms with Crippen molar-refractivity contribution in [2.24, 2.45) is 0 Å². The molecule has 0 aromatic carbocycles. The van der Waals surface area contributed by atoms with Crippen LogP contribution < -0.4 is 206 Å². The predicted octanol–water partition coefficient (Wildman–Crippen LogP) is -14.3. The molecule has 0 saturated carbocycles. The minimum Gasteiger partial charge on any atom is -0.724 e. The summed E-state index contributed by atoms with van der Waals surface area (Å²) in [6.07, 6.45) is 0. The van der Waals surface area contributed by atoms with E-state index in [2.05, 4.69) is 36.9 Å². The zero-order chi connectivity index (χ0) is 26.5. The maximum Gasteiger partial charge on any atom is 1.00 e. The molecule has 0 heterocycles. The van der Waals surface area contributed by atoms with Crippen molar-refractivity contribution in [3.05, 3.63) is 0 Å². The van der Waals surface area contributed by atoms with Crippen LogP contribution in [0.5, 0.6) is 0 Å². The summed E-state index contributed by atoms with van der Waals surface area (Å²) >= 11 is 0. The maximum absolute atomic E-state index is 9.49. The van der Waals surface area contributed by atoms with Crippen LogP contribution >= 0.6 is 0 Å². The molecule has 0 N–H and O–H groups in total. The van der Waals surface area contributed by atoms with Crippen molar-refractivity contribution < 1.29 is 294 Å². The molecule has 28 heteroatoms. The van der Waals surface area contributed by atoms with Gasteiger partial charge in [0.05, 0.1) is 26.4 Å². The van der Waals surface area contributed by atoms with Crippen LogP contribution in [-0.2, 0) is 78.5 Å². The van der Waals surface area contributed by atoms with Crippen molar-refractivity contribution in [2.45, 2.75) is 27.7 Å². The van der Waals surface area contributed by atoms with Gasteiger partial charge in [0.15, 0.2) is 0 Å². The van der Waals surface area contributed by atoms with Gasteiger partial charge >= 0.3 is 206 Å². The van der Waals surface area contributed by atoms with Crippen molar-refractivity contribution >= 4 is 41.6 Å². The topological polar surface area (TPSA) is 303 Å². The van der Waals surface area contributed by atoms with E-state index in [9.17, 15) is 51.9 Å². The summed E-state index contributed by atoms with van der Waals surface area (Å²) < 4.78 is 127. The largest absolute Gasteiger partial charge is 1.00 e. The molecule has 0 aliphatic heterocycles. The van der Waals surface area contributed by atoms with E-state index in [0.29, 0.717) is 0 Å². The van der Waals surface area contributed by atoms with Gasteiger partial charge < -0.3 is 18.2 Å². The fourth-order valence-electron chi connectivity index (χ4n) is 0.428. The fraction of sp³-hybridized carbons (Fsp3) is 1.00. The van der Waals surface area contributed by atoms with Crippen LogP contribution in [0.3, 0.4) is 0 Å². The van der Waals surface area contributed by atoms with Gasteiger partial charge in [-0.25, -0.2) is 53.2 Å². The molecule has 0 aromatic rings. The Morgan fingerprint density at radius 1 is 0.389 bits per heavy atom. The van der Waals surface area contributed by atoms with Gasteiger partial charge in [0.25, 0.3) is 0 Å². The second kappa shape index (κ2) is 37.1. The van der Waals surface area contributed by atoms with Crippen LogP contribution in [0, 0.1) is 0 Å². The Morgan fingerprint density at radius 3 is 0.528 bits per heavy atom. The van der Waals surface area contributed by atoms with Crippen molar-refractivity contribution in [1.29, 1.82) is 0 Å². The molecular formula is C8H20K4O20S4. The van der Waals surface area contributed by atoms with Gasteiger partial charge in [0.1, 0.15) is 0 Å². The van der Waals surface area contributed by atoms with E-state index < -0.39 is 41.6 Å². The molecule has 0 atom stereocenters. The molecule has 0 saturated heterocycles. The van der Waals surface area contributed by atoms with E-state index in [4.69, 9.17) is 0 Å². The minimum atomic E-state index is -4.66. The quantitative estimate of drug-likeness (QED) is 0.0594. The first kappa shape index (κ1) is 61.0. The van der Waals surface area contributed by atoms with Gasteiger partial charge in [-0.3, -0.25) is 0 Å².